The number of benzene rings is 2. The van der Waals surface area contributed by atoms with Gasteiger partial charge in [-0.1, -0.05) is 49.7 Å². The molecule has 0 fully saturated rings. The first-order valence-electron chi connectivity index (χ1n) is 9.13. The molecule has 3 aromatic rings. The molecule has 3 rings (SSSR count). The number of hydrogen-bond acceptors (Lipinski definition) is 4. The number of rotatable bonds is 7. The van der Waals surface area contributed by atoms with Gasteiger partial charge in [0.05, 0.1) is 17.4 Å². The standard InChI is InChI=1S/C21H25N5O.2ClH/c1-2-7-15-8-6-9-16(12-15)19-13-20(24-21(27)18(23)14-22)25-26(19)17-10-4-3-5-11-17;;/h3-6,8-13,18H,2,7,14,22-23H2,1H3,(H,24,25,27);2*1H. The molecule has 1 atom stereocenters. The topological polar surface area (TPSA) is 99.0 Å². The van der Waals surface area contributed by atoms with Crippen LogP contribution in [-0.2, 0) is 11.2 Å². The average Bonchev–Trinajstić information content (AvgIpc) is 3.12. The summed E-state index contributed by atoms with van der Waals surface area (Å²) in [6.07, 6.45) is 2.10. The Morgan fingerprint density at radius 1 is 1.10 bits per heavy atom. The van der Waals surface area contributed by atoms with Crippen LogP contribution in [0.1, 0.15) is 18.9 Å². The average molecular weight is 436 g/mol. The van der Waals surface area contributed by atoms with E-state index in [1.54, 1.807) is 0 Å². The maximum Gasteiger partial charge on any atom is 0.243 e. The molecule has 0 aliphatic carbocycles. The van der Waals surface area contributed by atoms with Crippen LogP contribution >= 0.6 is 24.8 Å². The van der Waals surface area contributed by atoms with Crippen LogP contribution in [-0.4, -0.2) is 28.3 Å². The van der Waals surface area contributed by atoms with Crippen molar-refractivity contribution in [3.63, 3.8) is 0 Å². The Morgan fingerprint density at radius 3 is 2.48 bits per heavy atom. The number of aryl methyl sites for hydroxylation is 1. The van der Waals surface area contributed by atoms with Gasteiger partial charge in [-0.05, 0) is 30.2 Å². The number of nitrogens with zero attached hydrogens (tertiary/aromatic N) is 2. The zero-order valence-electron chi connectivity index (χ0n) is 16.2. The third-order valence-corrected chi connectivity index (χ3v) is 4.31. The summed E-state index contributed by atoms with van der Waals surface area (Å²) in [6, 6.07) is 19.3. The molecular formula is C21H27Cl2N5O. The summed E-state index contributed by atoms with van der Waals surface area (Å²) < 4.78 is 1.83. The number of nitrogens with two attached hydrogens (primary N) is 2. The molecule has 0 saturated carbocycles. The van der Waals surface area contributed by atoms with Crippen LogP contribution < -0.4 is 16.8 Å². The quantitative estimate of drug-likeness (QED) is 0.527. The van der Waals surface area contributed by atoms with Gasteiger partial charge in [-0.15, -0.1) is 29.9 Å². The second kappa shape index (κ2) is 11.6. The van der Waals surface area contributed by atoms with Crippen LogP contribution in [0.2, 0.25) is 0 Å². The number of amides is 1. The molecule has 0 spiro atoms. The summed E-state index contributed by atoms with van der Waals surface area (Å²) >= 11 is 0. The SMILES string of the molecule is CCCc1cccc(-c2cc(NC(=O)C(N)CN)nn2-c2ccccc2)c1.Cl.Cl. The molecule has 0 saturated heterocycles. The highest BCUT2D eigenvalue weighted by Gasteiger charge is 2.16. The van der Waals surface area contributed by atoms with E-state index >= 15 is 0 Å². The summed E-state index contributed by atoms with van der Waals surface area (Å²) in [5, 5.41) is 7.33. The predicted molar refractivity (Wildman–Crippen MR) is 123 cm³/mol. The van der Waals surface area contributed by atoms with Crippen molar-refractivity contribution in [3.05, 3.63) is 66.2 Å². The number of para-hydroxylation sites is 1. The van der Waals surface area contributed by atoms with Crippen LogP contribution in [0.4, 0.5) is 5.82 Å². The lowest BCUT2D eigenvalue weighted by molar-refractivity contribution is -0.117. The summed E-state index contributed by atoms with van der Waals surface area (Å²) in [5.41, 5.74) is 15.3. The molecule has 2 aromatic carbocycles. The molecule has 0 aliphatic rings. The molecule has 8 heteroatoms. The number of anilines is 1. The van der Waals surface area contributed by atoms with E-state index in [2.05, 4.69) is 29.5 Å². The number of aromatic nitrogens is 2. The Labute approximate surface area is 183 Å². The Balaban J connectivity index is 0.00000210. The van der Waals surface area contributed by atoms with Gasteiger partial charge < -0.3 is 16.8 Å². The zero-order valence-corrected chi connectivity index (χ0v) is 17.9. The van der Waals surface area contributed by atoms with Crippen molar-refractivity contribution in [2.45, 2.75) is 25.8 Å². The molecule has 0 bridgehead atoms. The van der Waals surface area contributed by atoms with Crippen LogP contribution in [0, 0.1) is 0 Å². The van der Waals surface area contributed by atoms with E-state index in [4.69, 9.17) is 11.5 Å². The smallest absolute Gasteiger partial charge is 0.243 e. The van der Waals surface area contributed by atoms with Crippen LogP contribution in [0.15, 0.2) is 60.7 Å². The van der Waals surface area contributed by atoms with Gasteiger partial charge in [-0.3, -0.25) is 4.79 Å². The van der Waals surface area contributed by atoms with Gasteiger partial charge in [0, 0.05) is 18.2 Å². The fourth-order valence-electron chi connectivity index (χ4n) is 2.91. The first-order valence-corrected chi connectivity index (χ1v) is 9.13. The molecule has 0 radical (unpaired) electrons. The highest BCUT2D eigenvalue weighted by atomic mass is 35.5. The maximum atomic E-state index is 12.1. The minimum atomic E-state index is -0.761. The molecule has 156 valence electrons. The van der Waals surface area contributed by atoms with Gasteiger partial charge >= 0.3 is 0 Å². The molecular weight excluding hydrogens is 409 g/mol. The van der Waals surface area contributed by atoms with Crippen LogP contribution in [0.5, 0.6) is 0 Å². The molecule has 6 nitrogen and oxygen atoms in total. The molecule has 1 heterocycles. The first kappa shape index (κ1) is 24.7. The Kier molecular flexibility index (Phi) is 9.85. The van der Waals surface area contributed by atoms with Crippen molar-refractivity contribution >= 4 is 36.5 Å². The van der Waals surface area contributed by atoms with Crippen molar-refractivity contribution in [2.75, 3.05) is 11.9 Å². The first-order chi connectivity index (χ1) is 13.1. The fourth-order valence-corrected chi connectivity index (χ4v) is 2.91. The van der Waals surface area contributed by atoms with Gasteiger partial charge in [0.1, 0.15) is 0 Å². The second-order valence-corrected chi connectivity index (χ2v) is 6.44. The van der Waals surface area contributed by atoms with E-state index in [-0.39, 0.29) is 37.3 Å². The van der Waals surface area contributed by atoms with Gasteiger partial charge in [0.25, 0.3) is 0 Å². The van der Waals surface area contributed by atoms with Gasteiger partial charge in [-0.25, -0.2) is 4.68 Å². The molecule has 5 N–H and O–H groups in total. The highest BCUT2D eigenvalue weighted by molar-refractivity contribution is 5.94. The second-order valence-electron chi connectivity index (χ2n) is 6.44. The number of carbonyl (C=O) groups is 1. The normalized spacial score (nSPS) is 11.1. The third-order valence-electron chi connectivity index (χ3n) is 4.31. The number of hydrogen-bond donors (Lipinski definition) is 3. The summed E-state index contributed by atoms with van der Waals surface area (Å²) in [4.78, 5) is 12.1. The van der Waals surface area contributed by atoms with E-state index < -0.39 is 6.04 Å². The molecule has 1 aromatic heterocycles. The number of halogens is 2. The Hall–Kier alpha value is -2.38. The lowest BCUT2D eigenvalue weighted by Gasteiger charge is -2.09. The summed E-state index contributed by atoms with van der Waals surface area (Å²) in [7, 11) is 0. The minimum absolute atomic E-state index is 0. The van der Waals surface area contributed by atoms with Gasteiger partial charge in [-0.2, -0.15) is 0 Å². The van der Waals surface area contributed by atoms with Crippen molar-refractivity contribution in [2.24, 2.45) is 11.5 Å². The fraction of sp³-hybridized carbons (Fsp3) is 0.238. The monoisotopic (exact) mass is 435 g/mol. The minimum Gasteiger partial charge on any atom is -0.328 e. The van der Waals surface area contributed by atoms with E-state index in [0.29, 0.717) is 5.82 Å². The van der Waals surface area contributed by atoms with Crippen LogP contribution in [0.3, 0.4) is 0 Å². The van der Waals surface area contributed by atoms with Crippen molar-refractivity contribution in [1.29, 1.82) is 0 Å². The van der Waals surface area contributed by atoms with E-state index in [0.717, 1.165) is 29.8 Å². The lowest BCUT2D eigenvalue weighted by Crippen LogP contribution is -2.41. The van der Waals surface area contributed by atoms with Crippen molar-refractivity contribution in [1.82, 2.24) is 9.78 Å². The highest BCUT2D eigenvalue weighted by Crippen LogP contribution is 2.27. The number of nitrogens with one attached hydrogen (secondary N) is 1. The summed E-state index contributed by atoms with van der Waals surface area (Å²) in [5.74, 6) is 0.102. The van der Waals surface area contributed by atoms with E-state index in [1.165, 1.54) is 5.56 Å². The predicted octanol–water partition coefficient (Wildman–Crippen LogP) is 3.56. The zero-order chi connectivity index (χ0) is 19.2. The van der Waals surface area contributed by atoms with Gasteiger partial charge in [0.2, 0.25) is 5.91 Å². The Bertz CT molecular complexity index is 914. The number of carbonyl (C=O) groups excluding carboxylic acids is 1. The molecule has 29 heavy (non-hydrogen) atoms. The molecule has 1 amide bonds. The van der Waals surface area contributed by atoms with E-state index in [9.17, 15) is 4.79 Å². The van der Waals surface area contributed by atoms with Crippen molar-refractivity contribution < 1.29 is 4.79 Å². The van der Waals surface area contributed by atoms with Crippen molar-refractivity contribution in [3.8, 4) is 16.9 Å². The Morgan fingerprint density at radius 2 is 1.83 bits per heavy atom. The van der Waals surface area contributed by atoms with Crippen LogP contribution in [0.25, 0.3) is 16.9 Å². The largest absolute Gasteiger partial charge is 0.328 e. The van der Waals surface area contributed by atoms with Gasteiger partial charge in [0.15, 0.2) is 5.82 Å². The lowest BCUT2D eigenvalue weighted by atomic mass is 10.0. The summed E-state index contributed by atoms with van der Waals surface area (Å²) in [6.45, 7) is 2.24. The molecule has 1 unspecified atom stereocenters. The maximum absolute atomic E-state index is 12.1. The molecule has 0 aliphatic heterocycles. The van der Waals surface area contributed by atoms with E-state index in [1.807, 2.05) is 53.2 Å². The third kappa shape index (κ3) is 6.05.